The average Bonchev–Trinajstić information content (AvgIpc) is 1.74. The number of aliphatic hydroxyl groups excluding tert-OH is 1. The first-order valence-electron chi connectivity index (χ1n) is 32.2. The number of aliphatic hydroxyl groups is 1. The van der Waals surface area contributed by atoms with Crippen LogP contribution in [0.1, 0.15) is 124 Å². The monoisotopic (exact) mass is 1350 g/mol. The van der Waals surface area contributed by atoms with Gasteiger partial charge >= 0.3 is 0 Å². The van der Waals surface area contributed by atoms with Crippen molar-refractivity contribution in [3.05, 3.63) is 144 Å². The molecule has 0 saturated carbocycles. The van der Waals surface area contributed by atoms with Gasteiger partial charge in [-0.15, -0.1) is 0 Å². The van der Waals surface area contributed by atoms with Gasteiger partial charge in [0.1, 0.15) is 47.8 Å². The molecule has 7 atom stereocenters. The molecule has 0 radical (unpaired) electrons. The Bertz CT molecular complexity index is 3490. The van der Waals surface area contributed by atoms with Crippen LogP contribution >= 0.6 is 0 Å². The van der Waals surface area contributed by atoms with Gasteiger partial charge in [0, 0.05) is 31.2 Å². The maximum absolute atomic E-state index is 14.4. The minimum Gasteiger partial charge on any atom is -0.508 e. The van der Waals surface area contributed by atoms with Gasteiger partial charge in [-0.3, -0.25) is 42.7 Å². The molecule has 0 aromatic heterocycles. The molecule has 5 aromatic rings. The molecule has 516 valence electrons. The Labute approximate surface area is 556 Å². The van der Waals surface area contributed by atoms with E-state index in [1.54, 1.807) is 60.7 Å². The molecule has 27 heteroatoms. The Morgan fingerprint density at radius 1 is 0.621 bits per heavy atom. The summed E-state index contributed by atoms with van der Waals surface area (Å²) in [6, 6.07) is 25.3. The Kier molecular flexibility index (Phi) is 29.6. The van der Waals surface area contributed by atoms with Crippen LogP contribution in [0.2, 0.25) is 0 Å². The van der Waals surface area contributed by atoms with Crippen molar-refractivity contribution in [2.24, 2.45) is 11.5 Å². The molecular formula is C68H91N9O16S2. The lowest BCUT2D eigenvalue weighted by atomic mass is 10.0. The number of amides is 7. The van der Waals surface area contributed by atoms with Crippen molar-refractivity contribution in [3.63, 3.8) is 0 Å². The maximum Gasteiger partial charge on any atom is 0.294 e. The highest BCUT2D eigenvalue weighted by Crippen LogP contribution is 2.26. The van der Waals surface area contributed by atoms with Gasteiger partial charge in [-0.25, -0.2) is 0 Å². The number of carbonyl (C=O) groups is 7. The zero-order valence-corrected chi connectivity index (χ0v) is 55.6. The summed E-state index contributed by atoms with van der Waals surface area (Å²) in [6.45, 7) is 6.11. The lowest BCUT2D eigenvalue weighted by Gasteiger charge is -2.31. The van der Waals surface area contributed by atoms with Crippen molar-refractivity contribution in [2.75, 3.05) is 39.4 Å². The highest BCUT2D eigenvalue weighted by Gasteiger charge is 2.43. The largest absolute Gasteiger partial charge is 0.508 e. The van der Waals surface area contributed by atoms with Crippen LogP contribution in [0.15, 0.2) is 131 Å². The van der Waals surface area contributed by atoms with Crippen molar-refractivity contribution >= 4 is 61.6 Å². The van der Waals surface area contributed by atoms with Gasteiger partial charge in [-0.1, -0.05) is 111 Å². The summed E-state index contributed by atoms with van der Waals surface area (Å²) in [7, 11) is -8.04. The number of fused-ring (bicyclic) bond motifs is 2. The number of nitrogens with two attached hydrogens (primary N) is 2. The molecule has 3 aliphatic heterocycles. The second kappa shape index (κ2) is 37.1. The van der Waals surface area contributed by atoms with Crippen molar-refractivity contribution < 1.29 is 74.5 Å². The number of ether oxygens (including phenoxy) is 1. The minimum atomic E-state index is -4.02. The van der Waals surface area contributed by atoms with Gasteiger partial charge in [-0.05, 0) is 162 Å². The minimum absolute atomic E-state index is 0.00412. The standard InChI is InChI=1S/C54H75N9O10.2C7H8O3S/c1-2-3-4-5-6-7-31-73-41-25-21-37(22-26-41)36-17-19-38(20-18-36)48(66)58-42-12-9-29-57-51(69)47-32-39(56)33-63(47)53(71)44(11-8-28-55)60-50(68)43(27-16-35-14-23-40(65)24-15-35)59-52(70)46-13-10-30-62(46)54(72)45(34-64)61-49(42)67;2*1-6-2-4-7(5-3-6)11(8,9)10/h14-15,17-26,39,42-47,64-65H,2-13,16,27-34,55-56H2,1H3,(H,57,69)(H,58,66)(H,59,70)(H,60,68)(H,61,67);2*2-5H,1H3,(H,8,9,10)/t39-,42-,43-,44-,45-,46-,47-;;/m0../s1. The molecule has 0 bridgehead atoms. The second-order valence-corrected chi connectivity index (χ2v) is 26.8. The summed E-state index contributed by atoms with van der Waals surface area (Å²) in [4.78, 5) is 101. The first kappa shape index (κ1) is 75.7. The van der Waals surface area contributed by atoms with Crippen LogP contribution in [0.25, 0.3) is 11.1 Å². The third-order valence-electron chi connectivity index (χ3n) is 16.5. The molecule has 7 amide bonds. The molecule has 95 heavy (non-hydrogen) atoms. The van der Waals surface area contributed by atoms with Crippen molar-refractivity contribution in [1.29, 1.82) is 0 Å². The molecule has 3 saturated heterocycles. The van der Waals surface area contributed by atoms with Gasteiger partial charge in [-0.2, -0.15) is 16.8 Å². The van der Waals surface area contributed by atoms with E-state index in [1.807, 2.05) is 38.1 Å². The molecule has 13 N–H and O–H groups in total. The fraction of sp³-hybridized carbons (Fsp3) is 0.456. The van der Waals surface area contributed by atoms with E-state index in [0.29, 0.717) is 19.4 Å². The first-order chi connectivity index (χ1) is 45.3. The van der Waals surface area contributed by atoms with Crippen molar-refractivity contribution in [1.82, 2.24) is 36.4 Å². The van der Waals surface area contributed by atoms with E-state index in [4.69, 9.17) is 25.3 Å². The number of rotatable bonds is 20. The van der Waals surface area contributed by atoms with Gasteiger partial charge in [0.15, 0.2) is 0 Å². The summed E-state index contributed by atoms with van der Waals surface area (Å²) in [5, 5.41) is 34.3. The van der Waals surface area contributed by atoms with E-state index in [-0.39, 0.29) is 92.2 Å². The van der Waals surface area contributed by atoms with Crippen LogP contribution in [-0.4, -0.2) is 169 Å². The van der Waals surface area contributed by atoms with Gasteiger partial charge in [0.05, 0.1) is 23.0 Å². The number of benzene rings is 5. The second-order valence-electron chi connectivity index (χ2n) is 23.9. The molecule has 0 unspecified atom stereocenters. The van der Waals surface area contributed by atoms with E-state index in [2.05, 4.69) is 33.5 Å². The molecule has 25 nitrogen and oxygen atoms in total. The SMILES string of the molecule is CCCCCCCCOc1ccc(-c2ccc(C(=O)N[C@H]3CCCNC(=O)[C@@H]4C[C@H](N)CN4C(=O)[C@H](CCCN)NC(=O)[C@H](CCc4ccc(O)cc4)NC(=O)[C@@H]4CCCN4C(=O)[C@H](CO)NC3=O)cc2)cc1.Cc1ccc(S(=O)(=O)O)cc1.Cc1ccc(S(=O)(=O)O)cc1. The molecule has 3 aliphatic rings. The summed E-state index contributed by atoms with van der Waals surface area (Å²) in [6.07, 6.45) is 8.83. The first-order valence-corrected chi connectivity index (χ1v) is 35.0. The number of nitrogens with zero attached hydrogens (tertiary/aromatic N) is 2. The van der Waals surface area contributed by atoms with Crippen LogP contribution in [0.5, 0.6) is 11.5 Å². The lowest BCUT2D eigenvalue weighted by Crippen LogP contribution is -2.59. The number of hydrogen-bond donors (Lipinski definition) is 11. The molecule has 0 spiro atoms. The highest BCUT2D eigenvalue weighted by molar-refractivity contribution is 7.86. The number of phenols is 1. The average molecular weight is 1350 g/mol. The van der Waals surface area contributed by atoms with Gasteiger partial charge < -0.3 is 62.8 Å². The molecule has 3 fully saturated rings. The van der Waals surface area contributed by atoms with Crippen molar-refractivity contribution in [3.8, 4) is 22.6 Å². The Morgan fingerprint density at radius 3 is 1.76 bits per heavy atom. The van der Waals surface area contributed by atoms with E-state index >= 15 is 0 Å². The Hall–Kier alpha value is -8.31. The number of carbonyl (C=O) groups excluding carboxylic acids is 7. The molecule has 3 heterocycles. The number of hydrogen-bond acceptors (Lipinski definition) is 16. The summed E-state index contributed by atoms with van der Waals surface area (Å²) in [5.74, 6) is -3.63. The normalized spacial score (nSPS) is 20.8. The van der Waals surface area contributed by atoms with Crippen LogP contribution in [0.4, 0.5) is 0 Å². The Morgan fingerprint density at radius 2 is 1.18 bits per heavy atom. The van der Waals surface area contributed by atoms with Gasteiger partial charge in [0.25, 0.3) is 26.1 Å². The number of phenolic OH excluding ortho intramolecular Hbond substituents is 1. The molecule has 8 rings (SSSR count). The van der Waals surface area contributed by atoms with E-state index < -0.39 is 110 Å². The maximum atomic E-state index is 14.4. The van der Waals surface area contributed by atoms with E-state index in [9.17, 15) is 60.6 Å². The summed E-state index contributed by atoms with van der Waals surface area (Å²) >= 11 is 0. The third kappa shape index (κ3) is 23.8. The van der Waals surface area contributed by atoms with Crippen LogP contribution in [0, 0.1) is 13.8 Å². The molecule has 5 aromatic carbocycles. The Balaban J connectivity index is 0.000000544. The van der Waals surface area contributed by atoms with Crippen LogP contribution < -0.4 is 42.8 Å². The quantitative estimate of drug-likeness (QED) is 0.0359. The zero-order chi connectivity index (χ0) is 69.2. The number of aromatic hydroxyl groups is 1. The predicted octanol–water partition coefficient (Wildman–Crippen LogP) is 5.03. The van der Waals surface area contributed by atoms with Gasteiger partial charge in [0.2, 0.25) is 35.4 Å². The zero-order valence-electron chi connectivity index (χ0n) is 54.0. The summed E-state index contributed by atoms with van der Waals surface area (Å²) in [5.41, 5.74) is 16.9. The van der Waals surface area contributed by atoms with E-state index in [1.165, 1.54) is 71.9 Å². The summed E-state index contributed by atoms with van der Waals surface area (Å²) < 4.78 is 65.0. The number of unbranched alkanes of at least 4 members (excludes halogenated alkanes) is 5. The highest BCUT2D eigenvalue weighted by atomic mass is 32.2. The fourth-order valence-electron chi connectivity index (χ4n) is 11.1. The third-order valence-corrected chi connectivity index (χ3v) is 18.2. The smallest absolute Gasteiger partial charge is 0.294 e. The molecule has 0 aliphatic carbocycles. The van der Waals surface area contributed by atoms with Crippen molar-refractivity contribution in [2.45, 2.75) is 169 Å². The number of nitrogens with one attached hydrogen (secondary N) is 5. The molecular weight excluding hydrogens is 1260 g/mol. The van der Waals surface area contributed by atoms with E-state index in [0.717, 1.165) is 46.4 Å². The number of aryl methyl sites for hydroxylation is 3. The predicted molar refractivity (Wildman–Crippen MR) is 357 cm³/mol. The lowest BCUT2D eigenvalue weighted by molar-refractivity contribution is -0.143. The fourth-order valence-corrected chi connectivity index (χ4v) is 12.0. The van der Waals surface area contributed by atoms with Crippen LogP contribution in [-0.2, 0) is 55.4 Å². The van der Waals surface area contributed by atoms with Crippen LogP contribution in [0.3, 0.4) is 0 Å². The topological polar surface area (TPSA) is 397 Å².